The van der Waals surface area contributed by atoms with E-state index in [-0.39, 0.29) is 0 Å². The van der Waals surface area contributed by atoms with Crippen LogP contribution in [0.3, 0.4) is 0 Å². The molecule has 0 unspecified atom stereocenters. The number of nitrogens with one attached hydrogen (secondary N) is 1. The lowest BCUT2D eigenvalue weighted by atomic mass is 10.4. The fourth-order valence-electron chi connectivity index (χ4n) is 2.46. The van der Waals surface area contributed by atoms with Crippen molar-refractivity contribution < 1.29 is 0 Å². The van der Waals surface area contributed by atoms with E-state index in [1.54, 1.807) is 6.20 Å². The molecule has 1 fully saturated rings. The molecule has 8 heteroatoms. The predicted molar refractivity (Wildman–Crippen MR) is 80.1 cm³/mol. The Morgan fingerprint density at radius 1 is 1.19 bits per heavy atom. The van der Waals surface area contributed by atoms with Gasteiger partial charge >= 0.3 is 0 Å². The molecule has 0 saturated carbocycles. The van der Waals surface area contributed by atoms with Crippen LogP contribution in [0, 0.1) is 0 Å². The first-order chi connectivity index (χ1) is 10.3. The van der Waals surface area contributed by atoms with Crippen molar-refractivity contribution in [3.8, 4) is 11.5 Å². The zero-order chi connectivity index (χ0) is 14.7. The maximum absolute atomic E-state index is 4.61. The summed E-state index contributed by atoms with van der Waals surface area (Å²) in [5.41, 5.74) is 0.830. The van der Waals surface area contributed by atoms with Gasteiger partial charge in [0.15, 0.2) is 5.82 Å². The fourth-order valence-corrected chi connectivity index (χ4v) is 2.46. The van der Waals surface area contributed by atoms with E-state index < -0.39 is 0 Å². The highest BCUT2D eigenvalue weighted by atomic mass is 15.4. The molecule has 3 rings (SSSR count). The van der Waals surface area contributed by atoms with Gasteiger partial charge in [0.05, 0.1) is 6.20 Å². The van der Waals surface area contributed by atoms with Gasteiger partial charge in [0, 0.05) is 26.7 Å². The number of nitrogens with zero attached hydrogens (tertiary/aromatic N) is 7. The molecule has 8 nitrogen and oxygen atoms in total. The molecule has 1 N–H and O–H groups in total. The number of hydrogen-bond donors (Lipinski definition) is 1. The minimum atomic E-state index is 0.575. The van der Waals surface area contributed by atoms with Gasteiger partial charge in [-0.15, -0.1) is 5.10 Å². The number of anilines is 2. The summed E-state index contributed by atoms with van der Waals surface area (Å²) in [5, 5.41) is 11.1. The van der Waals surface area contributed by atoms with Gasteiger partial charge in [0.1, 0.15) is 5.69 Å². The van der Waals surface area contributed by atoms with Gasteiger partial charge in [-0.1, -0.05) is 12.1 Å². The smallest absolute Gasteiger partial charge is 0.230 e. The van der Waals surface area contributed by atoms with E-state index in [2.05, 4.69) is 42.4 Å². The van der Waals surface area contributed by atoms with E-state index in [9.17, 15) is 0 Å². The highest BCUT2D eigenvalue weighted by molar-refractivity contribution is 5.53. The number of aromatic nitrogens is 6. The Kier molecular flexibility index (Phi) is 3.94. The Morgan fingerprint density at radius 2 is 2.00 bits per heavy atom. The lowest BCUT2D eigenvalue weighted by Crippen LogP contribution is -2.22. The highest BCUT2D eigenvalue weighted by Gasteiger charge is 2.19. The van der Waals surface area contributed by atoms with E-state index in [1.807, 2.05) is 11.7 Å². The monoisotopic (exact) mass is 288 g/mol. The summed E-state index contributed by atoms with van der Waals surface area (Å²) in [6.07, 6.45) is 5.06. The van der Waals surface area contributed by atoms with Crippen molar-refractivity contribution in [2.24, 2.45) is 0 Å². The molecule has 0 atom stereocenters. The van der Waals surface area contributed by atoms with Gasteiger partial charge in [0.25, 0.3) is 0 Å². The molecule has 3 heterocycles. The van der Waals surface area contributed by atoms with E-state index in [0.717, 1.165) is 37.7 Å². The van der Waals surface area contributed by atoms with Crippen LogP contribution in [-0.4, -0.2) is 50.1 Å². The van der Waals surface area contributed by atoms with Crippen LogP contribution in [0.25, 0.3) is 11.5 Å². The van der Waals surface area contributed by atoms with Gasteiger partial charge in [-0.25, -0.2) is 4.68 Å². The Morgan fingerprint density at radius 3 is 2.71 bits per heavy atom. The van der Waals surface area contributed by atoms with Crippen LogP contribution in [0.15, 0.2) is 6.20 Å². The average Bonchev–Trinajstić information content (AvgIpc) is 3.18. The lowest BCUT2D eigenvalue weighted by molar-refractivity contribution is 0.582. The molecule has 0 radical (unpaired) electrons. The van der Waals surface area contributed by atoms with E-state index in [4.69, 9.17) is 0 Å². The third kappa shape index (κ3) is 2.79. The van der Waals surface area contributed by atoms with Gasteiger partial charge in [-0.05, 0) is 19.3 Å². The van der Waals surface area contributed by atoms with Crippen LogP contribution in [0.5, 0.6) is 0 Å². The molecule has 0 aromatic carbocycles. The fraction of sp³-hybridized carbons (Fsp3) is 0.615. The standard InChI is InChI=1S/C13H20N8/c1-3-6-21-10(9-15-19-21)11-16-12(14-2)18-13(17-11)20-7-4-5-8-20/h9H,3-8H2,1-2H3,(H,14,16,17,18). The topological polar surface area (TPSA) is 84.7 Å². The molecule has 0 spiro atoms. The quantitative estimate of drug-likeness (QED) is 0.884. The SMILES string of the molecule is CCCn1nncc1-c1nc(NC)nc(N2CCCC2)n1. The van der Waals surface area contributed by atoms with Crippen LogP contribution in [-0.2, 0) is 6.54 Å². The zero-order valence-electron chi connectivity index (χ0n) is 12.5. The third-order valence-electron chi connectivity index (χ3n) is 3.52. The minimum absolute atomic E-state index is 0.575. The van der Waals surface area contributed by atoms with Crippen molar-refractivity contribution >= 4 is 11.9 Å². The van der Waals surface area contributed by atoms with Gasteiger partial charge in [0.2, 0.25) is 11.9 Å². The predicted octanol–water partition coefficient (Wildman–Crippen LogP) is 1.18. The number of hydrogen-bond acceptors (Lipinski definition) is 7. The first-order valence-corrected chi connectivity index (χ1v) is 7.39. The first kappa shape index (κ1) is 13.7. The summed E-state index contributed by atoms with van der Waals surface area (Å²) in [4.78, 5) is 15.7. The Labute approximate surface area is 123 Å². The molecule has 0 aliphatic carbocycles. The largest absolute Gasteiger partial charge is 0.357 e. The summed E-state index contributed by atoms with van der Waals surface area (Å²) in [6, 6.07) is 0. The van der Waals surface area contributed by atoms with Crippen LogP contribution in [0.1, 0.15) is 26.2 Å². The summed E-state index contributed by atoms with van der Waals surface area (Å²) in [7, 11) is 1.81. The third-order valence-corrected chi connectivity index (χ3v) is 3.52. The molecule has 21 heavy (non-hydrogen) atoms. The molecular weight excluding hydrogens is 268 g/mol. The zero-order valence-corrected chi connectivity index (χ0v) is 12.5. The summed E-state index contributed by atoms with van der Waals surface area (Å²) in [5.74, 6) is 1.92. The molecule has 112 valence electrons. The Balaban J connectivity index is 2.00. The summed E-state index contributed by atoms with van der Waals surface area (Å²) in [6.45, 7) is 4.90. The highest BCUT2D eigenvalue weighted by Crippen LogP contribution is 2.21. The van der Waals surface area contributed by atoms with E-state index >= 15 is 0 Å². The van der Waals surface area contributed by atoms with Crippen LogP contribution < -0.4 is 10.2 Å². The normalized spacial score (nSPS) is 14.7. The van der Waals surface area contributed by atoms with Crippen LogP contribution in [0.2, 0.25) is 0 Å². The van der Waals surface area contributed by atoms with Crippen LogP contribution in [0.4, 0.5) is 11.9 Å². The van der Waals surface area contributed by atoms with Crippen molar-refractivity contribution in [3.05, 3.63) is 6.20 Å². The van der Waals surface area contributed by atoms with E-state index in [1.165, 1.54) is 12.8 Å². The van der Waals surface area contributed by atoms with Crippen molar-refractivity contribution in [3.63, 3.8) is 0 Å². The molecular formula is C13H20N8. The molecule has 2 aromatic rings. The molecule has 1 aliphatic rings. The van der Waals surface area contributed by atoms with Gasteiger partial charge in [-0.3, -0.25) is 0 Å². The number of rotatable bonds is 5. The second kappa shape index (κ2) is 6.02. The maximum Gasteiger partial charge on any atom is 0.230 e. The molecule has 1 saturated heterocycles. The Bertz CT molecular complexity index is 602. The molecule has 0 amide bonds. The Hall–Kier alpha value is -2.25. The second-order valence-electron chi connectivity index (χ2n) is 5.07. The van der Waals surface area contributed by atoms with E-state index in [0.29, 0.717) is 11.8 Å². The second-order valence-corrected chi connectivity index (χ2v) is 5.07. The molecule has 0 bridgehead atoms. The van der Waals surface area contributed by atoms with Crippen molar-refractivity contribution in [1.29, 1.82) is 0 Å². The van der Waals surface area contributed by atoms with Crippen LogP contribution >= 0.6 is 0 Å². The maximum atomic E-state index is 4.61. The summed E-state index contributed by atoms with van der Waals surface area (Å²) < 4.78 is 1.84. The molecule has 1 aliphatic heterocycles. The van der Waals surface area contributed by atoms with Gasteiger partial charge < -0.3 is 10.2 Å². The van der Waals surface area contributed by atoms with Crippen molar-refractivity contribution in [1.82, 2.24) is 29.9 Å². The molecule has 2 aromatic heterocycles. The number of aryl methyl sites for hydroxylation is 1. The van der Waals surface area contributed by atoms with Gasteiger partial charge in [-0.2, -0.15) is 15.0 Å². The van der Waals surface area contributed by atoms with Crippen molar-refractivity contribution in [2.75, 3.05) is 30.4 Å². The average molecular weight is 288 g/mol. The first-order valence-electron chi connectivity index (χ1n) is 7.39. The summed E-state index contributed by atoms with van der Waals surface area (Å²) >= 11 is 0. The lowest BCUT2D eigenvalue weighted by Gasteiger charge is -2.16. The van der Waals surface area contributed by atoms with Crippen molar-refractivity contribution in [2.45, 2.75) is 32.7 Å². The minimum Gasteiger partial charge on any atom is -0.357 e.